The molecule has 0 radical (unpaired) electrons. The molecule has 0 aliphatic heterocycles. The highest BCUT2D eigenvalue weighted by Crippen LogP contribution is 2.23. The zero-order valence-corrected chi connectivity index (χ0v) is 11.4. The Morgan fingerprint density at radius 3 is 1.87 bits per heavy atom. The number of aromatic nitrogens is 4. The molecule has 0 unspecified atom stereocenters. The summed E-state index contributed by atoms with van der Waals surface area (Å²) in [7, 11) is 0. The first-order valence-corrected chi connectivity index (χ1v) is 6.34. The van der Waals surface area contributed by atoms with Crippen LogP contribution in [0.2, 0.25) is 0 Å². The van der Waals surface area contributed by atoms with E-state index in [0.717, 1.165) is 0 Å². The largest absolute Gasteiger partial charge is 0.269 e. The van der Waals surface area contributed by atoms with Crippen LogP contribution in [0.3, 0.4) is 0 Å². The van der Waals surface area contributed by atoms with Crippen molar-refractivity contribution >= 4 is 11.4 Å². The minimum Gasteiger partial charge on any atom is -0.258 e. The molecule has 0 saturated heterocycles. The molecule has 2 aromatic carbocycles. The number of nitro groups is 2. The van der Waals surface area contributed by atoms with Crippen molar-refractivity contribution in [1.82, 2.24) is 20.2 Å². The van der Waals surface area contributed by atoms with E-state index < -0.39 is 9.85 Å². The minimum atomic E-state index is -0.499. The van der Waals surface area contributed by atoms with E-state index in [0.29, 0.717) is 17.1 Å². The number of non-ortho nitro benzene ring substituents is 2. The van der Waals surface area contributed by atoms with Crippen LogP contribution in [0, 0.1) is 20.2 Å². The Bertz CT molecular complexity index is 800. The van der Waals surface area contributed by atoms with Crippen LogP contribution in [0.4, 0.5) is 11.4 Å². The van der Waals surface area contributed by atoms with Crippen molar-refractivity contribution in [3.8, 4) is 17.1 Å². The van der Waals surface area contributed by atoms with Crippen molar-refractivity contribution in [2.24, 2.45) is 0 Å². The number of nitro benzene ring substituents is 2. The summed E-state index contributed by atoms with van der Waals surface area (Å²) >= 11 is 0. The van der Waals surface area contributed by atoms with Crippen LogP contribution in [0.1, 0.15) is 0 Å². The lowest BCUT2D eigenvalue weighted by atomic mass is 10.2. The highest BCUT2D eigenvalue weighted by molar-refractivity contribution is 5.59. The van der Waals surface area contributed by atoms with Gasteiger partial charge in [0.05, 0.1) is 15.5 Å². The van der Waals surface area contributed by atoms with Crippen LogP contribution >= 0.6 is 0 Å². The summed E-state index contributed by atoms with van der Waals surface area (Å²) in [4.78, 5) is 20.4. The van der Waals surface area contributed by atoms with Gasteiger partial charge in [-0.3, -0.25) is 20.2 Å². The number of hydrogen-bond donors (Lipinski definition) is 0. The van der Waals surface area contributed by atoms with Crippen LogP contribution in [0.15, 0.2) is 48.5 Å². The molecule has 23 heavy (non-hydrogen) atoms. The summed E-state index contributed by atoms with van der Waals surface area (Å²) in [6.07, 6.45) is 0. The molecular formula is C13H8N6O4. The summed E-state index contributed by atoms with van der Waals surface area (Å²) in [6.45, 7) is 0. The summed E-state index contributed by atoms with van der Waals surface area (Å²) in [5.74, 6) is 0.369. The van der Waals surface area contributed by atoms with Gasteiger partial charge in [0, 0.05) is 29.8 Å². The van der Waals surface area contributed by atoms with Crippen molar-refractivity contribution in [2.75, 3.05) is 0 Å². The fourth-order valence-electron chi connectivity index (χ4n) is 1.99. The monoisotopic (exact) mass is 312 g/mol. The second kappa shape index (κ2) is 5.60. The van der Waals surface area contributed by atoms with Gasteiger partial charge in [-0.05, 0) is 34.7 Å². The molecule has 114 valence electrons. The average Bonchev–Trinajstić information content (AvgIpc) is 3.04. The van der Waals surface area contributed by atoms with Crippen LogP contribution in [0.25, 0.3) is 17.1 Å². The Morgan fingerprint density at radius 2 is 1.35 bits per heavy atom. The Morgan fingerprint density at radius 1 is 0.826 bits per heavy atom. The molecule has 0 aliphatic carbocycles. The first-order valence-electron chi connectivity index (χ1n) is 6.34. The Hall–Kier alpha value is -3.69. The van der Waals surface area contributed by atoms with Gasteiger partial charge in [-0.15, -0.1) is 5.10 Å². The van der Waals surface area contributed by atoms with Gasteiger partial charge in [0.2, 0.25) is 0 Å². The zero-order chi connectivity index (χ0) is 16.4. The first-order chi connectivity index (χ1) is 11.1. The Kier molecular flexibility index (Phi) is 3.47. The molecular weight excluding hydrogens is 304 g/mol. The van der Waals surface area contributed by atoms with E-state index in [4.69, 9.17) is 0 Å². The summed E-state index contributed by atoms with van der Waals surface area (Å²) < 4.78 is 1.39. The number of benzene rings is 2. The third-order valence-electron chi connectivity index (χ3n) is 3.11. The molecule has 1 heterocycles. The van der Waals surface area contributed by atoms with E-state index in [2.05, 4.69) is 15.5 Å². The second-order valence-corrected chi connectivity index (χ2v) is 4.49. The van der Waals surface area contributed by atoms with Crippen LogP contribution < -0.4 is 0 Å². The predicted octanol–water partition coefficient (Wildman–Crippen LogP) is 2.15. The number of tetrazole rings is 1. The van der Waals surface area contributed by atoms with Gasteiger partial charge in [-0.1, -0.05) is 0 Å². The fourth-order valence-corrected chi connectivity index (χ4v) is 1.99. The molecule has 1 aromatic heterocycles. The van der Waals surface area contributed by atoms with Crippen molar-refractivity contribution in [1.29, 1.82) is 0 Å². The molecule has 0 amide bonds. The molecule has 0 bridgehead atoms. The Balaban J connectivity index is 1.98. The van der Waals surface area contributed by atoms with E-state index in [1.54, 1.807) is 0 Å². The van der Waals surface area contributed by atoms with E-state index >= 15 is 0 Å². The first kappa shape index (κ1) is 14.3. The molecule has 3 aromatic rings. The molecule has 0 atom stereocenters. The lowest BCUT2D eigenvalue weighted by Gasteiger charge is -2.04. The van der Waals surface area contributed by atoms with Crippen LogP contribution in [0.5, 0.6) is 0 Å². The average molecular weight is 312 g/mol. The molecule has 0 spiro atoms. The van der Waals surface area contributed by atoms with Gasteiger partial charge in [0.15, 0.2) is 5.82 Å². The third kappa shape index (κ3) is 2.72. The van der Waals surface area contributed by atoms with E-state index in [-0.39, 0.29) is 11.4 Å². The van der Waals surface area contributed by atoms with Crippen molar-refractivity contribution < 1.29 is 9.85 Å². The molecule has 0 aliphatic rings. The maximum Gasteiger partial charge on any atom is 0.269 e. The van der Waals surface area contributed by atoms with E-state index in [1.165, 1.54) is 53.2 Å². The number of nitrogens with zero attached hydrogens (tertiary/aromatic N) is 6. The number of rotatable bonds is 4. The highest BCUT2D eigenvalue weighted by Gasteiger charge is 2.13. The van der Waals surface area contributed by atoms with E-state index in [1.807, 2.05) is 0 Å². The quantitative estimate of drug-likeness (QED) is 0.532. The van der Waals surface area contributed by atoms with E-state index in [9.17, 15) is 20.2 Å². The normalized spacial score (nSPS) is 10.4. The third-order valence-corrected chi connectivity index (χ3v) is 3.11. The molecule has 10 heteroatoms. The van der Waals surface area contributed by atoms with Crippen molar-refractivity contribution in [3.63, 3.8) is 0 Å². The predicted molar refractivity (Wildman–Crippen MR) is 77.9 cm³/mol. The second-order valence-electron chi connectivity index (χ2n) is 4.49. The van der Waals surface area contributed by atoms with Gasteiger partial charge in [0.25, 0.3) is 11.4 Å². The maximum absolute atomic E-state index is 10.7. The maximum atomic E-state index is 10.7. The fraction of sp³-hybridized carbons (Fsp3) is 0. The van der Waals surface area contributed by atoms with Gasteiger partial charge in [-0.2, -0.15) is 4.68 Å². The van der Waals surface area contributed by atoms with Gasteiger partial charge in [0.1, 0.15) is 0 Å². The molecule has 3 rings (SSSR count). The molecule has 0 saturated carbocycles. The molecule has 0 N–H and O–H groups in total. The van der Waals surface area contributed by atoms with Crippen molar-refractivity contribution in [2.45, 2.75) is 0 Å². The van der Waals surface area contributed by atoms with Gasteiger partial charge in [-0.25, -0.2) is 0 Å². The van der Waals surface area contributed by atoms with Crippen molar-refractivity contribution in [3.05, 3.63) is 68.8 Å². The summed E-state index contributed by atoms with van der Waals surface area (Å²) in [5, 5.41) is 32.7. The highest BCUT2D eigenvalue weighted by atomic mass is 16.6. The smallest absolute Gasteiger partial charge is 0.258 e. The zero-order valence-electron chi connectivity index (χ0n) is 11.4. The van der Waals surface area contributed by atoms with Crippen LogP contribution in [-0.2, 0) is 0 Å². The topological polar surface area (TPSA) is 130 Å². The number of hydrogen-bond acceptors (Lipinski definition) is 7. The van der Waals surface area contributed by atoms with Crippen LogP contribution in [-0.4, -0.2) is 30.1 Å². The minimum absolute atomic E-state index is 0.0388. The summed E-state index contributed by atoms with van der Waals surface area (Å²) in [6, 6.07) is 11.5. The SMILES string of the molecule is O=[N+]([O-])c1ccc(-c2nnnn2-c2ccc([N+](=O)[O-])cc2)cc1. The molecule has 10 nitrogen and oxygen atoms in total. The summed E-state index contributed by atoms with van der Waals surface area (Å²) in [5.41, 5.74) is 1.04. The standard InChI is InChI=1S/C13H8N6O4/c20-18(21)11-3-1-9(2-4-11)13-14-15-16-17(13)10-5-7-12(8-6-10)19(22)23/h1-8H. The lowest BCUT2D eigenvalue weighted by Crippen LogP contribution is -2.00. The lowest BCUT2D eigenvalue weighted by molar-refractivity contribution is -0.385. The van der Waals surface area contributed by atoms with Gasteiger partial charge >= 0.3 is 0 Å². The Labute approximate surface area is 128 Å². The molecule has 0 fully saturated rings. The van der Waals surface area contributed by atoms with Gasteiger partial charge < -0.3 is 0 Å².